The minimum absolute atomic E-state index is 0.234. The molecule has 0 fully saturated rings. The van der Waals surface area contributed by atoms with E-state index in [1.165, 1.54) is 12.7 Å². The highest BCUT2D eigenvalue weighted by Gasteiger charge is 2.21. The Bertz CT molecular complexity index is 1320. The second kappa shape index (κ2) is 6.44. The van der Waals surface area contributed by atoms with Gasteiger partial charge in [-0.1, -0.05) is 5.16 Å². The van der Waals surface area contributed by atoms with Gasteiger partial charge in [0.05, 0.1) is 18.6 Å². The van der Waals surface area contributed by atoms with Gasteiger partial charge in [0.1, 0.15) is 29.4 Å². The van der Waals surface area contributed by atoms with Gasteiger partial charge in [-0.15, -0.1) is 0 Å². The van der Waals surface area contributed by atoms with Gasteiger partial charge < -0.3 is 19.4 Å². The summed E-state index contributed by atoms with van der Waals surface area (Å²) < 4.78 is 7.10. The van der Waals surface area contributed by atoms with Crippen molar-refractivity contribution in [2.24, 2.45) is 7.05 Å². The van der Waals surface area contributed by atoms with E-state index >= 15 is 0 Å². The number of hydrogen-bond donors (Lipinski definition) is 2. The Morgan fingerprint density at radius 1 is 1.21 bits per heavy atom. The molecule has 0 unspecified atom stereocenters. The molecule has 5 heterocycles. The van der Waals surface area contributed by atoms with Gasteiger partial charge in [-0.2, -0.15) is 0 Å². The topological polar surface area (TPSA) is 153 Å². The second-order valence-electron chi connectivity index (χ2n) is 6.41. The molecule has 1 amide bonds. The zero-order valence-electron chi connectivity index (χ0n) is 15.4. The van der Waals surface area contributed by atoms with E-state index in [4.69, 9.17) is 4.52 Å². The van der Waals surface area contributed by atoms with Gasteiger partial charge in [-0.05, 0) is 6.92 Å². The first-order valence-electron chi connectivity index (χ1n) is 8.66. The van der Waals surface area contributed by atoms with Crippen LogP contribution in [0, 0.1) is 0 Å². The average Bonchev–Trinajstić information content (AvgIpc) is 3.45. The third-order valence-corrected chi connectivity index (χ3v) is 4.43. The number of carbonyl (C=O) groups is 1. The molecule has 0 aliphatic heterocycles. The Morgan fingerprint density at radius 3 is 2.93 bits per heavy atom. The average molecular weight is 390 g/mol. The molecule has 5 aromatic heterocycles. The molecule has 0 saturated carbocycles. The molecule has 0 aromatic carbocycles. The van der Waals surface area contributed by atoms with Crippen molar-refractivity contribution in [3.63, 3.8) is 0 Å². The van der Waals surface area contributed by atoms with Crippen LogP contribution in [0.2, 0.25) is 0 Å². The first-order valence-corrected chi connectivity index (χ1v) is 8.66. The Labute approximate surface area is 162 Å². The molecule has 144 valence electrons. The van der Waals surface area contributed by atoms with E-state index in [9.17, 15) is 4.79 Å². The van der Waals surface area contributed by atoms with E-state index in [0.29, 0.717) is 39.6 Å². The fourth-order valence-corrected chi connectivity index (χ4v) is 2.98. The lowest BCUT2D eigenvalue weighted by molar-refractivity contribution is 0.0930. The van der Waals surface area contributed by atoms with E-state index < -0.39 is 6.04 Å². The van der Waals surface area contributed by atoms with Gasteiger partial charge in [-0.25, -0.2) is 29.9 Å². The smallest absolute Gasteiger partial charge is 0.272 e. The monoisotopic (exact) mass is 390 g/mol. The van der Waals surface area contributed by atoms with Crippen molar-refractivity contribution in [3.8, 4) is 11.5 Å². The van der Waals surface area contributed by atoms with Gasteiger partial charge in [-0.3, -0.25) is 4.79 Å². The summed E-state index contributed by atoms with van der Waals surface area (Å²) in [5, 5.41) is 6.89. The summed E-state index contributed by atoms with van der Waals surface area (Å²) in [7, 11) is 1.78. The van der Waals surface area contributed by atoms with Crippen LogP contribution in [0.15, 0.2) is 35.8 Å². The number of fused-ring (bicyclic) bond motifs is 2. The van der Waals surface area contributed by atoms with Crippen LogP contribution >= 0.6 is 0 Å². The van der Waals surface area contributed by atoms with Gasteiger partial charge in [0.15, 0.2) is 28.6 Å². The molecular formula is C17H14N10O2. The summed E-state index contributed by atoms with van der Waals surface area (Å²) in [6, 6.07) is 1.25. The molecule has 0 aliphatic rings. The number of H-pyrrole nitrogens is 1. The molecule has 12 nitrogen and oxygen atoms in total. The van der Waals surface area contributed by atoms with Crippen LogP contribution in [0.1, 0.15) is 29.2 Å². The Balaban J connectivity index is 1.39. The molecule has 5 rings (SSSR count). The third-order valence-electron chi connectivity index (χ3n) is 4.43. The van der Waals surface area contributed by atoms with Crippen LogP contribution in [0.3, 0.4) is 0 Å². The molecule has 0 saturated heterocycles. The predicted molar refractivity (Wildman–Crippen MR) is 99.4 cm³/mol. The van der Waals surface area contributed by atoms with Crippen LogP contribution in [0.25, 0.3) is 33.8 Å². The fraction of sp³-hybridized carbons (Fsp3) is 0.176. The lowest BCUT2D eigenvalue weighted by atomic mass is 10.2. The largest absolute Gasteiger partial charge is 0.358 e. The zero-order valence-corrected chi connectivity index (χ0v) is 15.4. The number of amides is 1. The van der Waals surface area contributed by atoms with E-state index in [2.05, 4.69) is 45.4 Å². The lowest BCUT2D eigenvalue weighted by Crippen LogP contribution is -2.27. The van der Waals surface area contributed by atoms with E-state index in [0.717, 1.165) is 0 Å². The van der Waals surface area contributed by atoms with Crippen molar-refractivity contribution in [2.75, 3.05) is 0 Å². The minimum atomic E-state index is -0.453. The number of aromatic nitrogens is 9. The normalized spacial score (nSPS) is 12.5. The molecule has 0 bridgehead atoms. The number of carbonyl (C=O) groups excluding carboxylic acids is 1. The van der Waals surface area contributed by atoms with Crippen molar-refractivity contribution < 1.29 is 9.32 Å². The first kappa shape index (κ1) is 16.9. The number of nitrogens with zero attached hydrogens (tertiary/aromatic N) is 8. The quantitative estimate of drug-likeness (QED) is 0.460. The lowest BCUT2D eigenvalue weighted by Gasteiger charge is -2.10. The van der Waals surface area contributed by atoms with Gasteiger partial charge in [0.2, 0.25) is 0 Å². The zero-order chi connectivity index (χ0) is 20.0. The summed E-state index contributed by atoms with van der Waals surface area (Å²) in [4.78, 5) is 40.5. The number of aromatic amines is 1. The Hall–Kier alpha value is -4.22. The summed E-state index contributed by atoms with van der Waals surface area (Å²) in [5.74, 6) is 0.599. The van der Waals surface area contributed by atoms with Crippen molar-refractivity contribution in [3.05, 3.63) is 42.7 Å². The van der Waals surface area contributed by atoms with Crippen molar-refractivity contribution in [2.45, 2.75) is 13.0 Å². The maximum atomic E-state index is 12.7. The number of nitrogens with one attached hydrogen (secondary N) is 2. The maximum absolute atomic E-state index is 12.7. The minimum Gasteiger partial charge on any atom is -0.358 e. The van der Waals surface area contributed by atoms with Crippen molar-refractivity contribution in [1.82, 2.24) is 49.9 Å². The highest BCUT2D eigenvalue weighted by atomic mass is 16.5. The highest BCUT2D eigenvalue weighted by Crippen LogP contribution is 2.22. The Kier molecular flexibility index (Phi) is 3.76. The third kappa shape index (κ3) is 2.86. The summed E-state index contributed by atoms with van der Waals surface area (Å²) in [5.41, 5.74) is 2.96. The van der Waals surface area contributed by atoms with Crippen molar-refractivity contribution in [1.29, 1.82) is 0 Å². The fourth-order valence-electron chi connectivity index (χ4n) is 2.98. The molecule has 1 atom stereocenters. The highest BCUT2D eigenvalue weighted by molar-refractivity contribution is 6.02. The van der Waals surface area contributed by atoms with Gasteiger partial charge in [0, 0.05) is 13.1 Å². The number of imidazole rings is 2. The van der Waals surface area contributed by atoms with Crippen molar-refractivity contribution >= 4 is 28.2 Å². The number of rotatable bonds is 4. The summed E-state index contributed by atoms with van der Waals surface area (Å²) in [6.07, 6.45) is 5.95. The van der Waals surface area contributed by atoms with Crippen LogP contribution < -0.4 is 5.32 Å². The number of aryl methyl sites for hydroxylation is 1. The van der Waals surface area contributed by atoms with Crippen LogP contribution in [-0.4, -0.2) is 50.5 Å². The SMILES string of the molecule is C[C@@H](NC(=O)c1ncnc2ncn(C)c12)c1cc(-c2nc3ncncc3[nH]2)no1. The maximum Gasteiger partial charge on any atom is 0.272 e. The Morgan fingerprint density at radius 2 is 2.07 bits per heavy atom. The van der Waals surface area contributed by atoms with E-state index in [1.54, 1.807) is 37.1 Å². The first-order chi connectivity index (χ1) is 14.1. The van der Waals surface area contributed by atoms with Gasteiger partial charge in [0.25, 0.3) is 5.91 Å². The molecule has 0 radical (unpaired) electrons. The summed E-state index contributed by atoms with van der Waals surface area (Å²) in [6.45, 7) is 1.79. The molecular weight excluding hydrogens is 376 g/mol. The number of hydrogen-bond acceptors (Lipinski definition) is 9. The molecule has 12 heteroatoms. The van der Waals surface area contributed by atoms with Crippen LogP contribution in [0.4, 0.5) is 0 Å². The molecule has 0 aliphatic carbocycles. The van der Waals surface area contributed by atoms with Gasteiger partial charge >= 0.3 is 0 Å². The molecule has 2 N–H and O–H groups in total. The van der Waals surface area contributed by atoms with E-state index in [-0.39, 0.29) is 11.6 Å². The van der Waals surface area contributed by atoms with Crippen LogP contribution in [0.5, 0.6) is 0 Å². The predicted octanol–water partition coefficient (Wildman–Crippen LogP) is 1.18. The summed E-state index contributed by atoms with van der Waals surface area (Å²) >= 11 is 0. The molecule has 5 aromatic rings. The molecule has 29 heavy (non-hydrogen) atoms. The molecule has 0 spiro atoms. The van der Waals surface area contributed by atoms with Crippen LogP contribution in [-0.2, 0) is 7.05 Å². The van der Waals surface area contributed by atoms with E-state index in [1.807, 2.05) is 0 Å². The standard InChI is InChI=1S/C17H14N10O2/c1-8(23-17(28)12-13-16(21-6-19-12)22-7-27(13)2)11-3-9(26-29-11)15-24-10-4-18-5-20-14(10)25-15/h3-8H,1-2H3,(H,23,28)(H,18,20,24,25)/t8-/m1/s1. The second-order valence-corrected chi connectivity index (χ2v) is 6.41.